The van der Waals surface area contributed by atoms with Gasteiger partial charge in [0.05, 0.1) is 4.92 Å². The van der Waals surface area contributed by atoms with Gasteiger partial charge in [-0.15, -0.1) is 0 Å². The summed E-state index contributed by atoms with van der Waals surface area (Å²) in [7, 11) is 0. The van der Waals surface area contributed by atoms with Crippen molar-refractivity contribution >= 4 is 23.2 Å². The molecule has 3 rings (SSSR count). The van der Waals surface area contributed by atoms with E-state index in [-0.39, 0.29) is 22.8 Å². The second kappa shape index (κ2) is 9.01. The van der Waals surface area contributed by atoms with Gasteiger partial charge in [0, 0.05) is 17.6 Å². The molecular formula is C21H17ClN2O4. The number of nitro benzene ring substituents is 1. The van der Waals surface area contributed by atoms with E-state index < -0.39 is 10.8 Å². The van der Waals surface area contributed by atoms with Crippen LogP contribution in [0.5, 0.6) is 5.75 Å². The fourth-order valence-corrected chi connectivity index (χ4v) is 2.78. The second-order valence-corrected chi connectivity index (χ2v) is 6.46. The van der Waals surface area contributed by atoms with Crippen molar-refractivity contribution in [2.75, 3.05) is 0 Å². The van der Waals surface area contributed by atoms with Gasteiger partial charge in [0.2, 0.25) is 0 Å². The normalized spacial score (nSPS) is 10.3. The number of benzene rings is 3. The van der Waals surface area contributed by atoms with E-state index in [0.29, 0.717) is 12.4 Å². The van der Waals surface area contributed by atoms with Gasteiger partial charge in [-0.25, -0.2) is 0 Å². The van der Waals surface area contributed by atoms with Gasteiger partial charge in [-0.3, -0.25) is 14.9 Å². The topological polar surface area (TPSA) is 81.5 Å². The molecular weight excluding hydrogens is 380 g/mol. The van der Waals surface area contributed by atoms with Crippen LogP contribution in [0, 0.1) is 10.1 Å². The van der Waals surface area contributed by atoms with Crippen LogP contribution in [0.1, 0.15) is 21.5 Å². The third kappa shape index (κ3) is 5.08. The molecule has 28 heavy (non-hydrogen) atoms. The van der Waals surface area contributed by atoms with Crippen LogP contribution in [0.25, 0.3) is 0 Å². The largest absolute Gasteiger partial charge is 0.489 e. The first kappa shape index (κ1) is 19.4. The lowest BCUT2D eigenvalue weighted by molar-refractivity contribution is -0.385. The summed E-state index contributed by atoms with van der Waals surface area (Å²) in [5, 5.41) is 14.0. The zero-order valence-electron chi connectivity index (χ0n) is 14.8. The van der Waals surface area contributed by atoms with Crippen molar-refractivity contribution in [1.29, 1.82) is 0 Å². The lowest BCUT2D eigenvalue weighted by Crippen LogP contribution is -2.23. The molecule has 0 saturated carbocycles. The van der Waals surface area contributed by atoms with Crippen molar-refractivity contribution < 1.29 is 14.5 Å². The zero-order chi connectivity index (χ0) is 19.9. The Morgan fingerprint density at radius 2 is 1.75 bits per heavy atom. The van der Waals surface area contributed by atoms with Crippen molar-refractivity contribution in [3.05, 3.63) is 105 Å². The van der Waals surface area contributed by atoms with Gasteiger partial charge in [0.1, 0.15) is 17.9 Å². The summed E-state index contributed by atoms with van der Waals surface area (Å²) >= 11 is 5.78. The van der Waals surface area contributed by atoms with Gasteiger partial charge in [-0.1, -0.05) is 54.1 Å². The van der Waals surface area contributed by atoms with E-state index in [4.69, 9.17) is 16.3 Å². The molecule has 3 aromatic rings. The number of amides is 1. The molecule has 7 heteroatoms. The Labute approximate surface area is 166 Å². The smallest absolute Gasteiger partial charge is 0.283 e. The van der Waals surface area contributed by atoms with Crippen LogP contribution in [0.3, 0.4) is 0 Å². The van der Waals surface area contributed by atoms with E-state index in [9.17, 15) is 14.9 Å². The number of nitro groups is 1. The predicted octanol–water partition coefficient (Wildman–Crippen LogP) is 4.76. The summed E-state index contributed by atoms with van der Waals surface area (Å²) in [5.41, 5.74) is 1.50. The maximum Gasteiger partial charge on any atom is 0.283 e. The molecule has 1 amide bonds. The monoisotopic (exact) mass is 396 g/mol. The van der Waals surface area contributed by atoms with Gasteiger partial charge in [0.25, 0.3) is 11.6 Å². The summed E-state index contributed by atoms with van der Waals surface area (Å²) in [4.78, 5) is 22.9. The Balaban J connectivity index is 1.63. The van der Waals surface area contributed by atoms with Crippen LogP contribution in [0.15, 0.2) is 72.8 Å². The molecule has 142 valence electrons. The van der Waals surface area contributed by atoms with Gasteiger partial charge in [0.15, 0.2) is 0 Å². The number of carbonyl (C=O) groups is 1. The number of hydrogen-bond acceptors (Lipinski definition) is 4. The molecule has 0 heterocycles. The lowest BCUT2D eigenvalue weighted by Gasteiger charge is -2.09. The fraction of sp³-hybridized carbons (Fsp3) is 0.0952. The Kier molecular flexibility index (Phi) is 6.24. The van der Waals surface area contributed by atoms with Crippen LogP contribution in [-0.2, 0) is 13.2 Å². The summed E-state index contributed by atoms with van der Waals surface area (Å²) in [5.74, 6) is 0.132. The average Bonchev–Trinajstić information content (AvgIpc) is 2.71. The Morgan fingerprint density at radius 1 is 1.00 bits per heavy atom. The maximum atomic E-state index is 12.4. The molecule has 6 nitrogen and oxygen atoms in total. The average molecular weight is 397 g/mol. The van der Waals surface area contributed by atoms with Crippen LogP contribution >= 0.6 is 11.6 Å². The van der Waals surface area contributed by atoms with Crippen LogP contribution in [0.2, 0.25) is 5.02 Å². The number of rotatable bonds is 7. The lowest BCUT2D eigenvalue weighted by atomic mass is 10.1. The molecule has 0 fully saturated rings. The minimum atomic E-state index is -0.626. The number of hydrogen-bond donors (Lipinski definition) is 1. The Morgan fingerprint density at radius 3 is 2.50 bits per heavy atom. The minimum Gasteiger partial charge on any atom is -0.489 e. The van der Waals surface area contributed by atoms with Gasteiger partial charge in [-0.2, -0.15) is 0 Å². The molecule has 0 atom stereocenters. The molecule has 0 aliphatic heterocycles. The van der Waals surface area contributed by atoms with Crippen molar-refractivity contribution in [2.45, 2.75) is 13.2 Å². The molecule has 0 aliphatic carbocycles. The molecule has 0 spiro atoms. The highest BCUT2D eigenvalue weighted by Gasteiger charge is 2.20. The molecule has 0 bridgehead atoms. The second-order valence-electron chi connectivity index (χ2n) is 6.02. The van der Waals surface area contributed by atoms with Gasteiger partial charge < -0.3 is 10.1 Å². The zero-order valence-corrected chi connectivity index (χ0v) is 15.6. The summed E-state index contributed by atoms with van der Waals surface area (Å²) in [6.45, 7) is 0.648. The molecule has 3 aromatic carbocycles. The Hall–Kier alpha value is -3.38. The van der Waals surface area contributed by atoms with E-state index in [2.05, 4.69) is 5.32 Å². The van der Waals surface area contributed by atoms with E-state index in [1.165, 1.54) is 12.1 Å². The summed E-state index contributed by atoms with van der Waals surface area (Å²) in [6.07, 6.45) is 0. The van der Waals surface area contributed by atoms with Crippen LogP contribution in [0.4, 0.5) is 5.69 Å². The highest BCUT2D eigenvalue weighted by atomic mass is 35.5. The quantitative estimate of drug-likeness (QED) is 0.461. The maximum absolute atomic E-state index is 12.4. The van der Waals surface area contributed by atoms with E-state index in [1.54, 1.807) is 0 Å². The SMILES string of the molecule is O=C(NCc1cccc(OCc2ccccc2)c1)c1ccc(Cl)cc1[N+](=O)[O-]. The fourth-order valence-electron chi connectivity index (χ4n) is 2.61. The van der Waals surface area contributed by atoms with Crippen molar-refractivity contribution in [1.82, 2.24) is 5.32 Å². The first-order valence-corrected chi connectivity index (χ1v) is 8.88. The van der Waals surface area contributed by atoms with E-state index >= 15 is 0 Å². The van der Waals surface area contributed by atoms with E-state index in [0.717, 1.165) is 17.2 Å². The van der Waals surface area contributed by atoms with Gasteiger partial charge >= 0.3 is 0 Å². The Bertz CT molecular complexity index is 993. The highest BCUT2D eigenvalue weighted by Crippen LogP contribution is 2.23. The third-order valence-corrected chi connectivity index (χ3v) is 4.24. The molecule has 0 saturated heterocycles. The van der Waals surface area contributed by atoms with Gasteiger partial charge in [-0.05, 0) is 35.4 Å². The molecule has 0 aliphatic rings. The summed E-state index contributed by atoms with van der Waals surface area (Å²) in [6, 6.07) is 21.0. The van der Waals surface area contributed by atoms with Crippen LogP contribution in [-0.4, -0.2) is 10.8 Å². The predicted molar refractivity (Wildman–Crippen MR) is 106 cm³/mol. The van der Waals surface area contributed by atoms with Crippen molar-refractivity contribution in [3.8, 4) is 5.75 Å². The number of carbonyl (C=O) groups excluding carboxylic acids is 1. The number of nitrogens with zero attached hydrogens (tertiary/aromatic N) is 1. The molecule has 0 aromatic heterocycles. The minimum absolute atomic E-state index is 0.0362. The first-order valence-electron chi connectivity index (χ1n) is 8.51. The number of ether oxygens (including phenoxy) is 1. The number of halogens is 1. The first-order chi connectivity index (χ1) is 13.5. The van der Waals surface area contributed by atoms with E-state index in [1.807, 2.05) is 54.6 Å². The van der Waals surface area contributed by atoms with Crippen LogP contribution < -0.4 is 10.1 Å². The molecule has 1 N–H and O–H groups in total. The number of nitrogens with one attached hydrogen (secondary N) is 1. The van der Waals surface area contributed by atoms with Crippen molar-refractivity contribution in [3.63, 3.8) is 0 Å². The standard InChI is InChI=1S/C21H17ClN2O4/c22-17-9-10-19(20(12-17)24(26)27)21(25)23-13-16-7-4-8-18(11-16)28-14-15-5-2-1-3-6-15/h1-12H,13-14H2,(H,23,25). The molecule has 0 unspecified atom stereocenters. The van der Waals surface area contributed by atoms with Crippen molar-refractivity contribution in [2.24, 2.45) is 0 Å². The summed E-state index contributed by atoms with van der Waals surface area (Å²) < 4.78 is 5.77. The highest BCUT2D eigenvalue weighted by molar-refractivity contribution is 6.31. The molecule has 0 radical (unpaired) electrons. The third-order valence-electron chi connectivity index (χ3n) is 4.00.